The number of benzene rings is 1. The molecular formula is C12H7BrF3NO3. The van der Waals surface area contributed by atoms with Crippen LogP contribution in [0.4, 0.5) is 13.2 Å². The second-order valence-corrected chi connectivity index (χ2v) is 4.82. The maximum Gasteiger partial charge on any atom is 0.437 e. The van der Waals surface area contributed by atoms with E-state index in [1.165, 1.54) is 6.07 Å². The first-order chi connectivity index (χ1) is 9.20. The Bertz CT molecular complexity index is 679. The van der Waals surface area contributed by atoms with Crippen molar-refractivity contribution in [3.63, 3.8) is 0 Å². The molecule has 20 heavy (non-hydrogen) atoms. The Morgan fingerprint density at radius 2 is 2.05 bits per heavy atom. The van der Waals surface area contributed by atoms with E-state index in [9.17, 15) is 18.0 Å². The molecule has 0 aliphatic heterocycles. The standard InChI is InChI=1S/C12H7BrF3NO3/c1-5-4-6(2-3-7(5)13)10-17-9(12(14,15)16)8(20-10)11(18)19/h2-4H,1H3,(H,18,19). The molecule has 0 saturated heterocycles. The summed E-state index contributed by atoms with van der Waals surface area (Å²) in [5.74, 6) is -3.41. The van der Waals surface area contributed by atoms with Crippen LogP contribution < -0.4 is 0 Å². The highest BCUT2D eigenvalue weighted by Gasteiger charge is 2.41. The molecule has 0 bridgehead atoms. The van der Waals surface area contributed by atoms with Crippen LogP contribution >= 0.6 is 15.9 Å². The Kier molecular flexibility index (Phi) is 3.59. The van der Waals surface area contributed by atoms with Gasteiger partial charge in [-0.1, -0.05) is 15.9 Å². The topological polar surface area (TPSA) is 63.3 Å². The number of rotatable bonds is 2. The number of carboxylic acid groups (broad SMARTS) is 1. The van der Waals surface area contributed by atoms with Gasteiger partial charge in [0.05, 0.1) is 0 Å². The number of aromatic carboxylic acids is 1. The van der Waals surface area contributed by atoms with Gasteiger partial charge in [0.25, 0.3) is 0 Å². The first-order valence-electron chi connectivity index (χ1n) is 5.28. The lowest BCUT2D eigenvalue weighted by Crippen LogP contribution is -2.11. The highest BCUT2D eigenvalue weighted by atomic mass is 79.9. The Morgan fingerprint density at radius 1 is 1.40 bits per heavy atom. The fourth-order valence-electron chi connectivity index (χ4n) is 1.56. The van der Waals surface area contributed by atoms with Crippen LogP contribution in [0.1, 0.15) is 21.8 Å². The lowest BCUT2D eigenvalue weighted by molar-refractivity contribution is -0.141. The number of aromatic nitrogens is 1. The third-order valence-electron chi connectivity index (χ3n) is 2.49. The van der Waals surface area contributed by atoms with Gasteiger partial charge in [0.1, 0.15) is 0 Å². The van der Waals surface area contributed by atoms with Crippen molar-refractivity contribution in [2.75, 3.05) is 0 Å². The van der Waals surface area contributed by atoms with Gasteiger partial charge in [-0.15, -0.1) is 0 Å². The Labute approximate surface area is 119 Å². The maximum atomic E-state index is 12.7. The summed E-state index contributed by atoms with van der Waals surface area (Å²) in [6, 6.07) is 4.64. The predicted octanol–water partition coefficient (Wildman–Crippen LogP) is 4.13. The summed E-state index contributed by atoms with van der Waals surface area (Å²) in [5, 5.41) is 8.75. The van der Waals surface area contributed by atoms with Crippen molar-refractivity contribution < 1.29 is 27.5 Å². The summed E-state index contributed by atoms with van der Waals surface area (Å²) < 4.78 is 43.6. The first-order valence-corrected chi connectivity index (χ1v) is 6.07. The highest BCUT2D eigenvalue weighted by Crippen LogP contribution is 2.35. The van der Waals surface area contributed by atoms with Crippen LogP contribution in [-0.2, 0) is 6.18 Å². The number of carboxylic acids is 1. The minimum absolute atomic E-state index is 0.267. The van der Waals surface area contributed by atoms with Crippen molar-refractivity contribution in [1.29, 1.82) is 0 Å². The molecule has 1 aromatic carbocycles. The van der Waals surface area contributed by atoms with Gasteiger partial charge >= 0.3 is 12.1 Å². The van der Waals surface area contributed by atoms with Gasteiger partial charge in [0.2, 0.25) is 11.7 Å². The zero-order chi connectivity index (χ0) is 15.1. The SMILES string of the molecule is Cc1cc(-c2nc(C(F)(F)F)c(C(=O)O)o2)ccc1Br. The summed E-state index contributed by atoms with van der Waals surface area (Å²) in [6.07, 6.45) is -4.89. The predicted molar refractivity (Wildman–Crippen MR) is 66.3 cm³/mol. The summed E-state index contributed by atoms with van der Waals surface area (Å²) in [7, 11) is 0. The van der Waals surface area contributed by atoms with Gasteiger partial charge in [-0.05, 0) is 30.7 Å². The molecule has 2 rings (SSSR count). The van der Waals surface area contributed by atoms with Crippen molar-refractivity contribution in [1.82, 2.24) is 4.98 Å². The van der Waals surface area contributed by atoms with Crippen molar-refractivity contribution in [3.05, 3.63) is 39.7 Å². The third-order valence-corrected chi connectivity index (χ3v) is 3.38. The van der Waals surface area contributed by atoms with E-state index in [0.29, 0.717) is 0 Å². The zero-order valence-electron chi connectivity index (χ0n) is 9.95. The first kappa shape index (κ1) is 14.6. The molecule has 1 aromatic heterocycles. The molecule has 0 aliphatic rings. The molecule has 8 heteroatoms. The van der Waals surface area contributed by atoms with Crippen LogP contribution in [0.5, 0.6) is 0 Å². The molecule has 2 aromatic rings. The fourth-order valence-corrected chi connectivity index (χ4v) is 1.81. The molecule has 1 N–H and O–H groups in total. The molecule has 4 nitrogen and oxygen atoms in total. The second kappa shape index (κ2) is 4.93. The molecule has 0 saturated carbocycles. The molecule has 0 amide bonds. The van der Waals surface area contributed by atoms with Gasteiger partial charge in [0.15, 0.2) is 5.69 Å². The van der Waals surface area contributed by atoms with E-state index in [0.717, 1.165) is 10.0 Å². The largest absolute Gasteiger partial charge is 0.475 e. The van der Waals surface area contributed by atoms with Crippen LogP contribution in [0.2, 0.25) is 0 Å². The van der Waals surface area contributed by atoms with Crippen molar-refractivity contribution in [2.24, 2.45) is 0 Å². The normalized spacial score (nSPS) is 11.7. The van der Waals surface area contributed by atoms with E-state index in [2.05, 4.69) is 20.9 Å². The van der Waals surface area contributed by atoms with E-state index < -0.39 is 23.6 Å². The van der Waals surface area contributed by atoms with Gasteiger partial charge in [0, 0.05) is 10.0 Å². The Balaban J connectivity index is 2.58. The molecule has 0 atom stereocenters. The molecule has 0 radical (unpaired) electrons. The number of nitrogens with zero attached hydrogens (tertiary/aromatic N) is 1. The Hall–Kier alpha value is -1.83. The van der Waals surface area contributed by atoms with E-state index in [-0.39, 0.29) is 11.5 Å². The van der Waals surface area contributed by atoms with Gasteiger partial charge in [-0.2, -0.15) is 13.2 Å². The smallest absolute Gasteiger partial charge is 0.437 e. The number of aryl methyl sites for hydroxylation is 1. The number of oxazole rings is 1. The number of hydrogen-bond acceptors (Lipinski definition) is 3. The molecule has 0 aliphatic carbocycles. The average Bonchev–Trinajstić information content (AvgIpc) is 2.77. The number of carbonyl (C=O) groups is 1. The van der Waals surface area contributed by atoms with Gasteiger partial charge < -0.3 is 9.52 Å². The maximum absolute atomic E-state index is 12.7. The van der Waals surface area contributed by atoms with E-state index >= 15 is 0 Å². The summed E-state index contributed by atoms with van der Waals surface area (Å²) in [6.45, 7) is 1.74. The third kappa shape index (κ3) is 2.69. The minimum Gasteiger partial charge on any atom is -0.475 e. The van der Waals surface area contributed by atoms with Crippen LogP contribution in [0.3, 0.4) is 0 Å². The van der Waals surface area contributed by atoms with Crippen molar-refractivity contribution in [2.45, 2.75) is 13.1 Å². The van der Waals surface area contributed by atoms with Crippen LogP contribution in [-0.4, -0.2) is 16.1 Å². The summed E-state index contributed by atoms with van der Waals surface area (Å²) >= 11 is 3.25. The minimum atomic E-state index is -4.89. The second-order valence-electron chi connectivity index (χ2n) is 3.96. The van der Waals surface area contributed by atoms with Gasteiger partial charge in [-0.3, -0.25) is 0 Å². The summed E-state index contributed by atoms with van der Waals surface area (Å²) in [5.41, 5.74) is -0.518. The van der Waals surface area contributed by atoms with Gasteiger partial charge in [-0.25, -0.2) is 9.78 Å². The average molecular weight is 350 g/mol. The molecule has 1 heterocycles. The quantitative estimate of drug-likeness (QED) is 0.885. The van der Waals surface area contributed by atoms with Crippen molar-refractivity contribution in [3.8, 4) is 11.5 Å². The lowest BCUT2D eigenvalue weighted by atomic mass is 10.1. The van der Waals surface area contributed by atoms with Crippen LogP contribution in [0.25, 0.3) is 11.5 Å². The fraction of sp³-hybridized carbons (Fsp3) is 0.167. The summed E-state index contributed by atoms with van der Waals surface area (Å²) in [4.78, 5) is 14.0. The Morgan fingerprint density at radius 3 is 2.50 bits per heavy atom. The number of hydrogen-bond donors (Lipinski definition) is 1. The highest BCUT2D eigenvalue weighted by molar-refractivity contribution is 9.10. The van der Waals surface area contributed by atoms with Crippen LogP contribution in [0.15, 0.2) is 27.1 Å². The monoisotopic (exact) mass is 349 g/mol. The van der Waals surface area contributed by atoms with E-state index in [1.807, 2.05) is 0 Å². The van der Waals surface area contributed by atoms with Crippen LogP contribution in [0, 0.1) is 6.92 Å². The lowest BCUT2D eigenvalue weighted by Gasteiger charge is -2.01. The van der Waals surface area contributed by atoms with Crippen molar-refractivity contribution >= 4 is 21.9 Å². The molecule has 0 spiro atoms. The van der Waals surface area contributed by atoms with E-state index in [1.54, 1.807) is 19.1 Å². The molecular weight excluding hydrogens is 343 g/mol. The molecule has 0 unspecified atom stereocenters. The molecule has 0 fully saturated rings. The number of alkyl halides is 3. The number of halogens is 4. The zero-order valence-corrected chi connectivity index (χ0v) is 11.5. The van der Waals surface area contributed by atoms with E-state index in [4.69, 9.17) is 9.52 Å². The molecule has 106 valence electrons.